The Labute approximate surface area is 132 Å². The van der Waals surface area contributed by atoms with E-state index in [0.29, 0.717) is 0 Å². The molecule has 1 heteroatoms. The van der Waals surface area contributed by atoms with E-state index in [-0.39, 0.29) is 5.54 Å². The van der Waals surface area contributed by atoms with Crippen LogP contribution in [0.3, 0.4) is 0 Å². The molecule has 0 aliphatic rings. The Kier molecular flexibility index (Phi) is 9.41. The minimum Gasteiger partial charge on any atom is -0.325 e. The van der Waals surface area contributed by atoms with Gasteiger partial charge in [-0.2, -0.15) is 0 Å². The van der Waals surface area contributed by atoms with Crippen LogP contribution in [0.1, 0.15) is 83.6 Å². The van der Waals surface area contributed by atoms with Gasteiger partial charge in [-0.1, -0.05) is 95.5 Å². The lowest BCUT2D eigenvalue weighted by Gasteiger charge is -2.28. The minimum absolute atomic E-state index is 0.0104. The maximum absolute atomic E-state index is 6.61. The van der Waals surface area contributed by atoms with Crippen LogP contribution in [0.4, 0.5) is 0 Å². The summed E-state index contributed by atoms with van der Waals surface area (Å²) in [5, 5.41) is 0. The van der Waals surface area contributed by atoms with Crippen LogP contribution in [-0.4, -0.2) is 5.54 Å². The first-order valence-electron chi connectivity index (χ1n) is 9.03. The van der Waals surface area contributed by atoms with E-state index >= 15 is 0 Å². The van der Waals surface area contributed by atoms with E-state index < -0.39 is 0 Å². The van der Waals surface area contributed by atoms with Gasteiger partial charge in [0.2, 0.25) is 0 Å². The van der Waals surface area contributed by atoms with Crippen molar-refractivity contribution in [1.29, 1.82) is 0 Å². The van der Waals surface area contributed by atoms with Crippen LogP contribution in [0.25, 0.3) is 0 Å². The number of benzene rings is 1. The Morgan fingerprint density at radius 1 is 0.810 bits per heavy atom. The molecule has 1 aromatic carbocycles. The highest BCUT2D eigenvalue weighted by atomic mass is 14.7. The van der Waals surface area contributed by atoms with E-state index in [0.717, 1.165) is 19.3 Å². The predicted molar refractivity (Wildman–Crippen MR) is 94.6 cm³/mol. The van der Waals surface area contributed by atoms with E-state index in [1.165, 1.54) is 56.9 Å². The highest BCUT2D eigenvalue weighted by Gasteiger charge is 2.22. The molecule has 1 aromatic rings. The third kappa shape index (κ3) is 8.26. The van der Waals surface area contributed by atoms with Gasteiger partial charge in [-0.25, -0.2) is 0 Å². The molecule has 1 atom stereocenters. The summed E-state index contributed by atoms with van der Waals surface area (Å²) in [5.74, 6) is 0. The van der Waals surface area contributed by atoms with Gasteiger partial charge in [0.25, 0.3) is 0 Å². The summed E-state index contributed by atoms with van der Waals surface area (Å²) in [4.78, 5) is 0. The molecule has 120 valence electrons. The van der Waals surface area contributed by atoms with E-state index in [1.54, 1.807) is 0 Å². The normalized spacial score (nSPS) is 14.0. The summed E-state index contributed by atoms with van der Waals surface area (Å²) >= 11 is 0. The van der Waals surface area contributed by atoms with Gasteiger partial charge in [0.05, 0.1) is 0 Å². The van der Waals surface area contributed by atoms with Crippen LogP contribution in [0.5, 0.6) is 0 Å². The van der Waals surface area contributed by atoms with Crippen LogP contribution in [0.2, 0.25) is 0 Å². The third-order valence-corrected chi connectivity index (χ3v) is 4.63. The molecule has 0 saturated carbocycles. The second-order valence-electron chi connectivity index (χ2n) is 6.60. The average Bonchev–Trinajstić information content (AvgIpc) is 2.51. The maximum Gasteiger partial charge on any atom is 0.0192 e. The molecule has 0 fully saturated rings. The van der Waals surface area contributed by atoms with Crippen molar-refractivity contribution in [3.8, 4) is 0 Å². The second-order valence-corrected chi connectivity index (χ2v) is 6.60. The van der Waals surface area contributed by atoms with Crippen LogP contribution in [0.15, 0.2) is 30.3 Å². The SMILES string of the molecule is CCCCCCCCCCC(N)(CC)Cc1ccccc1. The number of unbranched alkanes of at least 4 members (excludes halogenated alkanes) is 7. The Hall–Kier alpha value is -0.820. The zero-order valence-corrected chi connectivity index (χ0v) is 14.2. The number of rotatable bonds is 12. The van der Waals surface area contributed by atoms with Crippen molar-refractivity contribution in [2.24, 2.45) is 5.73 Å². The lowest BCUT2D eigenvalue weighted by atomic mass is 9.84. The van der Waals surface area contributed by atoms with Gasteiger partial charge in [-0.05, 0) is 24.8 Å². The number of hydrogen-bond donors (Lipinski definition) is 1. The number of nitrogens with two attached hydrogens (primary N) is 1. The molecular weight excluding hydrogens is 254 g/mol. The summed E-state index contributed by atoms with van der Waals surface area (Å²) in [7, 11) is 0. The van der Waals surface area contributed by atoms with E-state index in [1.807, 2.05) is 0 Å². The highest BCUT2D eigenvalue weighted by molar-refractivity contribution is 5.17. The van der Waals surface area contributed by atoms with Gasteiger partial charge in [0.1, 0.15) is 0 Å². The monoisotopic (exact) mass is 289 g/mol. The molecule has 21 heavy (non-hydrogen) atoms. The standard InChI is InChI=1S/C20H35N/c1-3-5-6-7-8-9-10-14-17-20(21,4-2)18-19-15-12-11-13-16-19/h11-13,15-16H,3-10,14,17-18,21H2,1-2H3. The van der Waals surface area contributed by atoms with Crippen LogP contribution < -0.4 is 5.73 Å². The van der Waals surface area contributed by atoms with Gasteiger partial charge in [0, 0.05) is 5.54 Å². The number of hydrogen-bond acceptors (Lipinski definition) is 1. The molecular formula is C20H35N. The Balaban J connectivity index is 2.18. The molecule has 0 aliphatic carbocycles. The quantitative estimate of drug-likeness (QED) is 0.479. The fraction of sp³-hybridized carbons (Fsp3) is 0.700. The molecule has 0 radical (unpaired) electrons. The predicted octanol–water partition coefficient (Wildman–Crippen LogP) is 5.87. The molecule has 1 nitrogen and oxygen atoms in total. The Morgan fingerprint density at radius 2 is 1.38 bits per heavy atom. The van der Waals surface area contributed by atoms with Gasteiger partial charge in [-0.15, -0.1) is 0 Å². The van der Waals surface area contributed by atoms with Crippen molar-refractivity contribution in [1.82, 2.24) is 0 Å². The van der Waals surface area contributed by atoms with Crippen molar-refractivity contribution in [2.75, 3.05) is 0 Å². The lowest BCUT2D eigenvalue weighted by Crippen LogP contribution is -2.41. The molecule has 0 spiro atoms. The summed E-state index contributed by atoms with van der Waals surface area (Å²) in [6.07, 6.45) is 14.2. The summed E-state index contributed by atoms with van der Waals surface area (Å²) < 4.78 is 0. The molecule has 0 aromatic heterocycles. The maximum atomic E-state index is 6.61. The zero-order valence-electron chi connectivity index (χ0n) is 14.2. The van der Waals surface area contributed by atoms with Crippen molar-refractivity contribution >= 4 is 0 Å². The first-order valence-corrected chi connectivity index (χ1v) is 9.03. The van der Waals surface area contributed by atoms with Crippen LogP contribution in [-0.2, 0) is 6.42 Å². The van der Waals surface area contributed by atoms with Gasteiger partial charge in [-0.3, -0.25) is 0 Å². The fourth-order valence-electron chi connectivity index (χ4n) is 3.00. The Bertz CT molecular complexity index is 346. The minimum atomic E-state index is -0.0104. The molecule has 0 heterocycles. The van der Waals surface area contributed by atoms with Crippen molar-refractivity contribution in [3.05, 3.63) is 35.9 Å². The van der Waals surface area contributed by atoms with E-state index in [9.17, 15) is 0 Å². The molecule has 0 saturated heterocycles. The van der Waals surface area contributed by atoms with Crippen molar-refractivity contribution in [2.45, 2.75) is 90.0 Å². The van der Waals surface area contributed by atoms with Gasteiger partial charge in [0.15, 0.2) is 0 Å². The van der Waals surface area contributed by atoms with Gasteiger partial charge >= 0.3 is 0 Å². The van der Waals surface area contributed by atoms with E-state index in [2.05, 4.69) is 44.2 Å². The zero-order chi connectivity index (χ0) is 15.4. The van der Waals surface area contributed by atoms with Crippen LogP contribution >= 0.6 is 0 Å². The van der Waals surface area contributed by atoms with Crippen molar-refractivity contribution in [3.63, 3.8) is 0 Å². The first-order chi connectivity index (χ1) is 10.2. The Morgan fingerprint density at radius 3 is 1.95 bits per heavy atom. The third-order valence-electron chi connectivity index (χ3n) is 4.63. The average molecular weight is 290 g/mol. The van der Waals surface area contributed by atoms with Crippen LogP contribution in [0, 0.1) is 0 Å². The molecule has 0 amide bonds. The summed E-state index contributed by atoms with van der Waals surface area (Å²) in [6, 6.07) is 10.7. The first kappa shape index (κ1) is 18.2. The highest BCUT2D eigenvalue weighted by Crippen LogP contribution is 2.22. The van der Waals surface area contributed by atoms with E-state index in [4.69, 9.17) is 5.73 Å². The largest absolute Gasteiger partial charge is 0.325 e. The lowest BCUT2D eigenvalue weighted by molar-refractivity contribution is 0.359. The molecule has 0 bridgehead atoms. The molecule has 2 N–H and O–H groups in total. The second kappa shape index (κ2) is 10.8. The smallest absolute Gasteiger partial charge is 0.0192 e. The summed E-state index contributed by atoms with van der Waals surface area (Å²) in [5.41, 5.74) is 7.98. The topological polar surface area (TPSA) is 26.0 Å². The summed E-state index contributed by atoms with van der Waals surface area (Å²) in [6.45, 7) is 4.51. The van der Waals surface area contributed by atoms with Gasteiger partial charge < -0.3 is 5.73 Å². The van der Waals surface area contributed by atoms with Crippen molar-refractivity contribution < 1.29 is 0 Å². The molecule has 0 aliphatic heterocycles. The molecule has 1 unspecified atom stereocenters. The molecule has 1 rings (SSSR count). The fourth-order valence-corrected chi connectivity index (χ4v) is 3.00.